The van der Waals surface area contributed by atoms with Crippen LogP contribution in [0.1, 0.15) is 37.3 Å². The number of hydrogen-bond acceptors (Lipinski definition) is 3. The maximum Gasteiger partial charge on any atom is 0.303 e. The summed E-state index contributed by atoms with van der Waals surface area (Å²) in [6, 6.07) is 9.29. The van der Waals surface area contributed by atoms with Crippen LogP contribution in [0.25, 0.3) is 12.2 Å². The van der Waals surface area contributed by atoms with Gasteiger partial charge in [-0.05, 0) is 36.6 Å². The summed E-state index contributed by atoms with van der Waals surface area (Å²) in [5.74, 6) is -0.119. The lowest BCUT2D eigenvalue weighted by Gasteiger charge is -2.06. The van der Waals surface area contributed by atoms with Crippen molar-refractivity contribution in [1.82, 2.24) is 0 Å². The molecule has 5 heteroatoms. The zero-order chi connectivity index (χ0) is 18.1. The molecule has 2 aromatic rings. The fourth-order valence-corrected chi connectivity index (χ4v) is 2.40. The minimum atomic E-state index is -0.743. The molecule has 0 amide bonds. The fraction of sp³-hybridized carbons (Fsp3) is 0.300. The second kappa shape index (κ2) is 9.47. The number of nitrogens with zero attached hydrogens (tertiary/aromatic N) is 1. The van der Waals surface area contributed by atoms with Crippen molar-refractivity contribution >= 4 is 18.1 Å². The van der Waals surface area contributed by atoms with E-state index in [2.05, 4.69) is 0 Å². The highest BCUT2D eigenvalue weighted by atomic mass is 16.5. The molecule has 0 bridgehead atoms. The van der Waals surface area contributed by atoms with Crippen LogP contribution in [0, 0.1) is 0 Å². The molecule has 0 fully saturated rings. The number of unbranched alkanes of at least 4 members (excludes halogenated alkanes) is 1. The molecule has 1 aromatic carbocycles. The van der Waals surface area contributed by atoms with Crippen LogP contribution in [0.3, 0.4) is 0 Å². The van der Waals surface area contributed by atoms with E-state index in [0.29, 0.717) is 18.8 Å². The number of carboxylic acid groups (broad SMARTS) is 1. The van der Waals surface area contributed by atoms with Crippen molar-refractivity contribution in [2.45, 2.75) is 32.7 Å². The predicted molar refractivity (Wildman–Crippen MR) is 96.3 cm³/mol. The summed E-state index contributed by atoms with van der Waals surface area (Å²) >= 11 is 0. The Kier molecular flexibility index (Phi) is 7.01. The standard InChI is InChI=1S/C20H23NO4/c1-2-25-19-15-17(8-9-18(19)22)7-6-16-10-13-21(14-11-16)12-4-3-5-20(23)24/h6-11,13-15H,2-5,12H2,1H3,(H,23,24)/p+1. The summed E-state index contributed by atoms with van der Waals surface area (Å²) < 4.78 is 7.43. The second-order valence-corrected chi connectivity index (χ2v) is 5.71. The highest BCUT2D eigenvalue weighted by Crippen LogP contribution is 2.27. The van der Waals surface area contributed by atoms with E-state index in [4.69, 9.17) is 9.84 Å². The lowest BCUT2D eigenvalue weighted by atomic mass is 10.1. The number of aromatic nitrogens is 1. The molecular formula is C20H24NO4+. The molecule has 2 N–H and O–H groups in total. The number of aliphatic carboxylic acids is 1. The van der Waals surface area contributed by atoms with Gasteiger partial charge in [0.15, 0.2) is 23.9 Å². The highest BCUT2D eigenvalue weighted by molar-refractivity contribution is 5.70. The number of phenolic OH excluding ortho intramolecular Hbond substituents is 1. The number of ether oxygens (including phenoxy) is 1. The van der Waals surface area contributed by atoms with Gasteiger partial charge >= 0.3 is 5.97 Å². The first-order valence-corrected chi connectivity index (χ1v) is 8.43. The monoisotopic (exact) mass is 342 g/mol. The summed E-state index contributed by atoms with van der Waals surface area (Å²) in [4.78, 5) is 10.5. The van der Waals surface area contributed by atoms with Gasteiger partial charge in [0.1, 0.15) is 6.54 Å². The molecule has 2 rings (SSSR count). The Morgan fingerprint density at radius 2 is 1.84 bits per heavy atom. The van der Waals surface area contributed by atoms with Gasteiger partial charge in [-0.25, -0.2) is 4.57 Å². The van der Waals surface area contributed by atoms with E-state index in [1.807, 2.05) is 54.2 Å². The SMILES string of the molecule is CCOc1cc(/C=C\c2cc[n+](CCCCC(=O)O)cc2)ccc1O. The van der Waals surface area contributed by atoms with Gasteiger partial charge < -0.3 is 14.9 Å². The largest absolute Gasteiger partial charge is 0.504 e. The third kappa shape index (κ3) is 6.30. The lowest BCUT2D eigenvalue weighted by molar-refractivity contribution is -0.697. The minimum Gasteiger partial charge on any atom is -0.504 e. The smallest absolute Gasteiger partial charge is 0.303 e. The van der Waals surface area contributed by atoms with Gasteiger partial charge in [0.2, 0.25) is 0 Å². The van der Waals surface area contributed by atoms with Crippen molar-refractivity contribution < 1.29 is 24.3 Å². The van der Waals surface area contributed by atoms with Crippen LogP contribution >= 0.6 is 0 Å². The minimum absolute atomic E-state index is 0.141. The van der Waals surface area contributed by atoms with Crippen LogP contribution in [0.5, 0.6) is 11.5 Å². The fourth-order valence-electron chi connectivity index (χ4n) is 2.40. The summed E-state index contributed by atoms with van der Waals surface area (Å²) in [6.07, 6.45) is 9.70. The van der Waals surface area contributed by atoms with Crippen molar-refractivity contribution in [3.63, 3.8) is 0 Å². The Labute approximate surface area is 147 Å². The number of carboxylic acids is 1. The van der Waals surface area contributed by atoms with E-state index >= 15 is 0 Å². The number of benzene rings is 1. The van der Waals surface area contributed by atoms with Crippen molar-refractivity contribution in [2.75, 3.05) is 6.61 Å². The van der Waals surface area contributed by atoms with Crippen molar-refractivity contribution in [1.29, 1.82) is 0 Å². The number of rotatable bonds is 9. The lowest BCUT2D eigenvalue weighted by Crippen LogP contribution is -2.32. The zero-order valence-corrected chi connectivity index (χ0v) is 14.4. The first-order valence-electron chi connectivity index (χ1n) is 8.43. The van der Waals surface area contributed by atoms with Crippen molar-refractivity contribution in [2.24, 2.45) is 0 Å². The molecule has 0 radical (unpaired) electrons. The summed E-state index contributed by atoms with van der Waals surface area (Å²) in [7, 11) is 0. The Hall–Kier alpha value is -2.82. The van der Waals surface area contributed by atoms with Crippen LogP contribution in [-0.4, -0.2) is 22.8 Å². The Morgan fingerprint density at radius 3 is 2.52 bits per heavy atom. The topological polar surface area (TPSA) is 70.6 Å². The predicted octanol–water partition coefficient (Wildman–Crippen LogP) is 3.50. The highest BCUT2D eigenvalue weighted by Gasteiger charge is 2.03. The molecule has 0 aliphatic heterocycles. The molecule has 25 heavy (non-hydrogen) atoms. The molecule has 1 aromatic heterocycles. The molecule has 0 spiro atoms. The van der Waals surface area contributed by atoms with Gasteiger partial charge in [0.05, 0.1) is 6.61 Å². The molecule has 5 nitrogen and oxygen atoms in total. The Bertz CT molecular complexity index is 723. The van der Waals surface area contributed by atoms with Crippen LogP contribution in [-0.2, 0) is 11.3 Å². The van der Waals surface area contributed by atoms with E-state index in [9.17, 15) is 9.90 Å². The number of hydrogen-bond donors (Lipinski definition) is 2. The molecule has 0 atom stereocenters. The Morgan fingerprint density at radius 1 is 1.12 bits per heavy atom. The number of pyridine rings is 1. The molecule has 0 saturated heterocycles. The average molecular weight is 342 g/mol. The maximum atomic E-state index is 10.5. The maximum absolute atomic E-state index is 10.5. The summed E-state index contributed by atoms with van der Waals surface area (Å²) in [5, 5.41) is 18.3. The van der Waals surface area contributed by atoms with E-state index in [0.717, 1.165) is 24.1 Å². The number of aromatic hydroxyl groups is 1. The second-order valence-electron chi connectivity index (χ2n) is 5.71. The van der Waals surface area contributed by atoms with Crippen molar-refractivity contribution in [3.05, 3.63) is 53.9 Å². The third-order valence-corrected chi connectivity index (χ3v) is 3.73. The first kappa shape index (κ1) is 18.5. The number of aryl methyl sites for hydroxylation is 1. The van der Waals surface area contributed by atoms with E-state index in [1.165, 1.54) is 0 Å². The molecule has 1 heterocycles. The van der Waals surface area contributed by atoms with E-state index < -0.39 is 5.97 Å². The molecule has 132 valence electrons. The van der Waals surface area contributed by atoms with Gasteiger partial charge in [-0.15, -0.1) is 0 Å². The van der Waals surface area contributed by atoms with Gasteiger partial charge in [-0.2, -0.15) is 0 Å². The van der Waals surface area contributed by atoms with Gasteiger partial charge in [0, 0.05) is 25.0 Å². The van der Waals surface area contributed by atoms with Gasteiger partial charge in [-0.3, -0.25) is 4.79 Å². The molecule has 0 aliphatic carbocycles. The van der Waals surface area contributed by atoms with Crippen LogP contribution in [0.2, 0.25) is 0 Å². The molecule has 0 unspecified atom stereocenters. The van der Waals surface area contributed by atoms with Crippen molar-refractivity contribution in [3.8, 4) is 11.5 Å². The molecular weight excluding hydrogens is 318 g/mol. The van der Waals surface area contributed by atoms with E-state index in [-0.39, 0.29) is 12.2 Å². The Balaban J connectivity index is 1.93. The summed E-state index contributed by atoms with van der Waals surface area (Å²) in [6.45, 7) is 3.20. The third-order valence-electron chi connectivity index (χ3n) is 3.73. The first-order chi connectivity index (χ1) is 12.1. The van der Waals surface area contributed by atoms with Gasteiger partial charge in [-0.1, -0.05) is 18.2 Å². The molecule has 0 aliphatic rings. The van der Waals surface area contributed by atoms with Crippen LogP contribution in [0.4, 0.5) is 0 Å². The van der Waals surface area contributed by atoms with Crippen LogP contribution < -0.4 is 9.30 Å². The molecule has 0 saturated carbocycles. The zero-order valence-electron chi connectivity index (χ0n) is 14.4. The van der Waals surface area contributed by atoms with Crippen LogP contribution in [0.15, 0.2) is 42.7 Å². The average Bonchev–Trinajstić information content (AvgIpc) is 2.60. The van der Waals surface area contributed by atoms with Gasteiger partial charge in [0.25, 0.3) is 0 Å². The summed E-state index contributed by atoms with van der Waals surface area (Å²) in [5.41, 5.74) is 2.01. The van der Waals surface area contributed by atoms with E-state index in [1.54, 1.807) is 12.1 Å². The number of carbonyl (C=O) groups is 1. The number of phenols is 1. The quantitative estimate of drug-likeness (QED) is 0.540. The normalized spacial score (nSPS) is 10.9.